The molecule has 0 N–H and O–H groups in total. The fourth-order valence-corrected chi connectivity index (χ4v) is 2.62. The van der Waals surface area contributed by atoms with Crippen molar-refractivity contribution in [3.05, 3.63) is 77.9 Å². The van der Waals surface area contributed by atoms with E-state index in [2.05, 4.69) is 10.1 Å². The van der Waals surface area contributed by atoms with Gasteiger partial charge in [-0.15, -0.1) is 0 Å². The number of halogens is 1. The van der Waals surface area contributed by atoms with Crippen molar-refractivity contribution < 1.29 is 13.7 Å². The van der Waals surface area contributed by atoms with Crippen molar-refractivity contribution in [2.24, 2.45) is 0 Å². The maximum atomic E-state index is 13.7. The first kappa shape index (κ1) is 15.3. The smallest absolute Gasteiger partial charge is 0.258 e. The zero-order chi connectivity index (χ0) is 17.2. The second-order valence-electron chi connectivity index (χ2n) is 5.80. The van der Waals surface area contributed by atoms with Gasteiger partial charge in [0.1, 0.15) is 0 Å². The van der Waals surface area contributed by atoms with Gasteiger partial charge < -0.3 is 9.26 Å². The number of rotatable bonds is 4. The fraction of sp³-hybridized carbons (Fsp3) is 0.100. The first-order valence-corrected chi connectivity index (χ1v) is 7.90. The van der Waals surface area contributed by atoms with Crippen molar-refractivity contribution in [3.63, 3.8) is 0 Å². The van der Waals surface area contributed by atoms with Crippen molar-refractivity contribution in [1.29, 1.82) is 0 Å². The minimum Gasteiger partial charge on any atom is -0.482 e. The molecule has 4 aromatic rings. The Bertz CT molecular complexity index is 1040. The summed E-state index contributed by atoms with van der Waals surface area (Å²) in [6.45, 7) is 1.91. The van der Waals surface area contributed by atoms with Gasteiger partial charge in [0.05, 0.1) is 0 Å². The average molecular weight is 334 g/mol. The molecule has 0 aliphatic carbocycles. The Kier molecular flexibility index (Phi) is 3.90. The number of nitrogens with zero attached hydrogens (tertiary/aromatic N) is 2. The Labute approximate surface area is 143 Å². The number of aryl methyl sites for hydroxylation is 1. The highest BCUT2D eigenvalue weighted by molar-refractivity contribution is 5.86. The van der Waals surface area contributed by atoms with Crippen LogP contribution in [0.3, 0.4) is 0 Å². The Hall–Kier alpha value is -3.21. The molecule has 0 aliphatic heterocycles. The third-order valence-electron chi connectivity index (χ3n) is 3.91. The standard InChI is InChI=1S/C20H15FN2O2/c1-13-6-9-17(21)18(10-13)24-12-19-22-20(25-23-19)16-8-7-14-4-2-3-5-15(14)11-16/h2-11H,12H2,1H3. The van der Waals surface area contributed by atoms with Crippen LogP contribution < -0.4 is 4.74 Å². The Morgan fingerprint density at radius 1 is 1.00 bits per heavy atom. The minimum atomic E-state index is -0.413. The summed E-state index contributed by atoms with van der Waals surface area (Å²) >= 11 is 0. The number of ether oxygens (including phenoxy) is 1. The largest absolute Gasteiger partial charge is 0.482 e. The predicted octanol–water partition coefficient (Wildman–Crippen LogP) is 4.92. The number of hydrogen-bond acceptors (Lipinski definition) is 4. The molecule has 1 aromatic heterocycles. The van der Waals surface area contributed by atoms with E-state index in [-0.39, 0.29) is 12.4 Å². The van der Waals surface area contributed by atoms with Crippen molar-refractivity contribution in [2.45, 2.75) is 13.5 Å². The summed E-state index contributed by atoms with van der Waals surface area (Å²) in [5, 5.41) is 6.14. The molecule has 5 heteroatoms. The Morgan fingerprint density at radius 3 is 2.72 bits per heavy atom. The van der Waals surface area contributed by atoms with Gasteiger partial charge in [-0.2, -0.15) is 4.98 Å². The summed E-state index contributed by atoms with van der Waals surface area (Å²) in [5.74, 6) is 0.541. The van der Waals surface area contributed by atoms with Gasteiger partial charge in [-0.1, -0.05) is 41.6 Å². The molecule has 25 heavy (non-hydrogen) atoms. The highest BCUT2D eigenvalue weighted by Gasteiger charge is 2.11. The van der Waals surface area contributed by atoms with Gasteiger partial charge in [-0.3, -0.25) is 0 Å². The third-order valence-corrected chi connectivity index (χ3v) is 3.91. The van der Waals surface area contributed by atoms with Crippen molar-refractivity contribution in [3.8, 4) is 17.2 Å². The zero-order valence-corrected chi connectivity index (χ0v) is 13.6. The molecular weight excluding hydrogens is 319 g/mol. The van der Waals surface area contributed by atoms with Crippen LogP contribution in [0.4, 0.5) is 4.39 Å². The van der Waals surface area contributed by atoms with E-state index in [1.165, 1.54) is 6.07 Å². The molecule has 4 nitrogen and oxygen atoms in total. The number of fused-ring (bicyclic) bond motifs is 1. The minimum absolute atomic E-state index is 0.0391. The Balaban J connectivity index is 1.54. The lowest BCUT2D eigenvalue weighted by Gasteiger charge is -2.05. The molecule has 0 saturated carbocycles. The number of benzene rings is 3. The Morgan fingerprint density at radius 2 is 1.84 bits per heavy atom. The molecular formula is C20H15FN2O2. The second kappa shape index (κ2) is 6.36. The van der Waals surface area contributed by atoms with E-state index in [0.29, 0.717) is 11.7 Å². The molecule has 0 amide bonds. The van der Waals surface area contributed by atoms with Crippen molar-refractivity contribution >= 4 is 10.8 Å². The molecule has 124 valence electrons. The molecule has 0 spiro atoms. The van der Waals surface area contributed by atoms with Crippen LogP contribution in [0, 0.1) is 12.7 Å². The van der Waals surface area contributed by atoms with Gasteiger partial charge in [-0.05, 0) is 47.5 Å². The van der Waals surface area contributed by atoms with Gasteiger partial charge in [-0.25, -0.2) is 4.39 Å². The van der Waals surface area contributed by atoms with E-state index < -0.39 is 5.82 Å². The van der Waals surface area contributed by atoms with Crippen molar-refractivity contribution in [1.82, 2.24) is 10.1 Å². The maximum Gasteiger partial charge on any atom is 0.258 e. The van der Waals surface area contributed by atoms with Gasteiger partial charge in [0.2, 0.25) is 5.82 Å². The van der Waals surface area contributed by atoms with Crippen LogP contribution in [0.2, 0.25) is 0 Å². The van der Waals surface area contributed by atoms with Crippen LogP contribution in [0.25, 0.3) is 22.2 Å². The van der Waals surface area contributed by atoms with Gasteiger partial charge in [0, 0.05) is 5.56 Å². The average Bonchev–Trinajstić information content (AvgIpc) is 3.11. The first-order valence-electron chi connectivity index (χ1n) is 7.90. The van der Waals surface area contributed by atoms with E-state index in [4.69, 9.17) is 9.26 Å². The SMILES string of the molecule is Cc1ccc(F)c(OCc2noc(-c3ccc4ccccc4c3)n2)c1. The summed E-state index contributed by atoms with van der Waals surface area (Å²) in [4.78, 5) is 4.33. The van der Waals surface area contributed by atoms with Crippen LogP contribution in [0.5, 0.6) is 5.75 Å². The molecule has 1 heterocycles. The monoisotopic (exact) mass is 334 g/mol. The van der Waals surface area contributed by atoms with Crippen molar-refractivity contribution in [2.75, 3.05) is 0 Å². The summed E-state index contributed by atoms with van der Waals surface area (Å²) in [6, 6.07) is 18.7. The molecule has 0 atom stereocenters. The zero-order valence-electron chi connectivity index (χ0n) is 13.6. The molecule has 0 unspecified atom stereocenters. The van der Waals surface area contributed by atoms with E-state index in [1.807, 2.05) is 49.4 Å². The van der Waals surface area contributed by atoms with E-state index in [0.717, 1.165) is 21.9 Å². The quantitative estimate of drug-likeness (QED) is 0.532. The predicted molar refractivity (Wildman–Crippen MR) is 92.7 cm³/mol. The van der Waals surface area contributed by atoms with Gasteiger partial charge >= 0.3 is 0 Å². The van der Waals surface area contributed by atoms with Gasteiger partial charge in [0.25, 0.3) is 5.89 Å². The van der Waals surface area contributed by atoms with E-state index in [9.17, 15) is 4.39 Å². The molecule has 4 rings (SSSR count). The lowest BCUT2D eigenvalue weighted by Crippen LogP contribution is -1.99. The highest BCUT2D eigenvalue weighted by Crippen LogP contribution is 2.24. The lowest BCUT2D eigenvalue weighted by molar-refractivity contribution is 0.273. The fourth-order valence-electron chi connectivity index (χ4n) is 2.62. The normalized spacial score (nSPS) is 11.0. The summed E-state index contributed by atoms with van der Waals surface area (Å²) in [5.41, 5.74) is 1.75. The summed E-state index contributed by atoms with van der Waals surface area (Å²) < 4.78 is 24.5. The topological polar surface area (TPSA) is 48.2 Å². The molecule has 0 fully saturated rings. The van der Waals surface area contributed by atoms with E-state index in [1.54, 1.807) is 12.1 Å². The second-order valence-corrected chi connectivity index (χ2v) is 5.80. The van der Waals surface area contributed by atoms with Crippen LogP contribution in [0.15, 0.2) is 65.2 Å². The van der Waals surface area contributed by atoms with Crippen LogP contribution in [-0.4, -0.2) is 10.1 Å². The number of aromatic nitrogens is 2. The third kappa shape index (κ3) is 3.21. The molecule has 0 aliphatic rings. The van der Waals surface area contributed by atoms with Crippen LogP contribution >= 0.6 is 0 Å². The molecule has 0 saturated heterocycles. The first-order chi connectivity index (χ1) is 12.2. The summed E-state index contributed by atoms with van der Waals surface area (Å²) in [6.07, 6.45) is 0. The molecule has 0 bridgehead atoms. The molecule has 0 radical (unpaired) electrons. The van der Waals surface area contributed by atoms with Crippen LogP contribution in [-0.2, 0) is 6.61 Å². The molecule has 3 aromatic carbocycles. The number of hydrogen-bond donors (Lipinski definition) is 0. The maximum absolute atomic E-state index is 13.7. The van der Waals surface area contributed by atoms with E-state index >= 15 is 0 Å². The highest BCUT2D eigenvalue weighted by atomic mass is 19.1. The summed E-state index contributed by atoms with van der Waals surface area (Å²) in [7, 11) is 0. The lowest BCUT2D eigenvalue weighted by atomic mass is 10.1. The van der Waals surface area contributed by atoms with Gasteiger partial charge in [0.15, 0.2) is 18.2 Å². The van der Waals surface area contributed by atoms with Crippen LogP contribution in [0.1, 0.15) is 11.4 Å².